The summed E-state index contributed by atoms with van der Waals surface area (Å²) in [6, 6.07) is 8.79. The van der Waals surface area contributed by atoms with Crippen molar-refractivity contribution in [1.82, 2.24) is 9.97 Å². The molecule has 0 aliphatic heterocycles. The van der Waals surface area contributed by atoms with Crippen LogP contribution in [0.3, 0.4) is 0 Å². The maximum atomic E-state index is 11.0. The molecule has 0 atom stereocenters. The summed E-state index contributed by atoms with van der Waals surface area (Å²) in [4.78, 5) is 19.3. The van der Waals surface area contributed by atoms with Crippen LogP contribution in [0.5, 0.6) is 5.75 Å². The lowest BCUT2D eigenvalue weighted by molar-refractivity contribution is -0.114. The summed E-state index contributed by atoms with van der Waals surface area (Å²) in [7, 11) is 0. The largest absolute Gasteiger partial charge is 0.486 e. The molecule has 20 heavy (non-hydrogen) atoms. The number of carbonyl (C=O) groups is 1. The van der Waals surface area contributed by atoms with Crippen LogP contribution in [-0.2, 0) is 11.4 Å². The van der Waals surface area contributed by atoms with E-state index in [0.29, 0.717) is 22.4 Å². The van der Waals surface area contributed by atoms with Gasteiger partial charge in [-0.05, 0) is 25.1 Å². The molecule has 0 saturated heterocycles. The lowest BCUT2D eigenvalue weighted by atomic mass is 10.3. The van der Waals surface area contributed by atoms with Crippen molar-refractivity contribution in [1.29, 1.82) is 0 Å². The second-order valence-electron chi connectivity index (χ2n) is 4.25. The SMILES string of the molecule is CC(=O)Nc1cccc(OCc2nc(C)cc(Cl)n2)c1. The van der Waals surface area contributed by atoms with E-state index in [1.807, 2.05) is 6.92 Å². The zero-order valence-corrected chi connectivity index (χ0v) is 11.9. The molecule has 0 aliphatic rings. The van der Waals surface area contributed by atoms with E-state index in [-0.39, 0.29) is 12.5 Å². The third-order valence-electron chi connectivity index (χ3n) is 2.39. The Morgan fingerprint density at radius 1 is 1.35 bits per heavy atom. The van der Waals surface area contributed by atoms with E-state index in [0.717, 1.165) is 5.69 Å². The first-order chi connectivity index (χ1) is 9.52. The molecule has 5 nitrogen and oxygen atoms in total. The molecule has 1 amide bonds. The maximum absolute atomic E-state index is 11.0. The number of halogens is 1. The van der Waals surface area contributed by atoms with E-state index in [2.05, 4.69) is 15.3 Å². The molecule has 1 N–H and O–H groups in total. The maximum Gasteiger partial charge on any atom is 0.221 e. The smallest absolute Gasteiger partial charge is 0.221 e. The van der Waals surface area contributed by atoms with E-state index < -0.39 is 0 Å². The summed E-state index contributed by atoms with van der Waals surface area (Å²) >= 11 is 5.86. The van der Waals surface area contributed by atoms with Crippen LogP contribution in [0.1, 0.15) is 18.4 Å². The Bertz CT molecular complexity index is 611. The van der Waals surface area contributed by atoms with E-state index in [9.17, 15) is 4.79 Å². The van der Waals surface area contributed by atoms with Gasteiger partial charge in [0.25, 0.3) is 0 Å². The minimum Gasteiger partial charge on any atom is -0.486 e. The van der Waals surface area contributed by atoms with Gasteiger partial charge in [-0.1, -0.05) is 17.7 Å². The van der Waals surface area contributed by atoms with Crippen molar-refractivity contribution in [3.8, 4) is 5.75 Å². The van der Waals surface area contributed by atoms with Crippen LogP contribution in [0, 0.1) is 6.92 Å². The van der Waals surface area contributed by atoms with Gasteiger partial charge in [-0.15, -0.1) is 0 Å². The predicted molar refractivity (Wildman–Crippen MR) is 76.9 cm³/mol. The molecular formula is C14H14ClN3O2. The molecule has 1 heterocycles. The van der Waals surface area contributed by atoms with Crippen LogP contribution < -0.4 is 10.1 Å². The van der Waals surface area contributed by atoms with Crippen LogP contribution in [0.2, 0.25) is 5.15 Å². The molecule has 0 spiro atoms. The Kier molecular flexibility index (Phi) is 4.53. The predicted octanol–water partition coefficient (Wildman–Crippen LogP) is 2.98. The zero-order chi connectivity index (χ0) is 14.5. The number of rotatable bonds is 4. The number of nitrogens with zero attached hydrogens (tertiary/aromatic N) is 2. The number of hydrogen-bond donors (Lipinski definition) is 1. The molecule has 6 heteroatoms. The molecule has 0 bridgehead atoms. The summed E-state index contributed by atoms with van der Waals surface area (Å²) in [5, 5.41) is 3.08. The first-order valence-electron chi connectivity index (χ1n) is 6.03. The highest BCUT2D eigenvalue weighted by Crippen LogP contribution is 2.18. The average Bonchev–Trinajstić information content (AvgIpc) is 2.35. The molecule has 0 radical (unpaired) electrons. The van der Waals surface area contributed by atoms with Crippen molar-refractivity contribution in [2.24, 2.45) is 0 Å². The highest BCUT2D eigenvalue weighted by atomic mass is 35.5. The average molecular weight is 292 g/mol. The zero-order valence-electron chi connectivity index (χ0n) is 11.2. The number of amides is 1. The van der Waals surface area contributed by atoms with Crippen LogP contribution in [0.25, 0.3) is 0 Å². The van der Waals surface area contributed by atoms with Gasteiger partial charge < -0.3 is 10.1 Å². The highest BCUT2D eigenvalue weighted by molar-refractivity contribution is 6.29. The quantitative estimate of drug-likeness (QED) is 0.880. The van der Waals surface area contributed by atoms with Gasteiger partial charge in [0.05, 0.1) is 0 Å². The Balaban J connectivity index is 2.05. The Hall–Kier alpha value is -2.14. The lowest BCUT2D eigenvalue weighted by Gasteiger charge is -2.08. The van der Waals surface area contributed by atoms with Gasteiger partial charge in [-0.2, -0.15) is 0 Å². The molecule has 0 saturated carbocycles. The number of benzene rings is 1. The fourth-order valence-corrected chi connectivity index (χ4v) is 1.92. The molecule has 1 aromatic carbocycles. The molecule has 0 fully saturated rings. The second kappa shape index (κ2) is 6.34. The molecule has 0 unspecified atom stereocenters. The first-order valence-corrected chi connectivity index (χ1v) is 6.41. The summed E-state index contributed by atoms with van der Waals surface area (Å²) in [6.45, 7) is 3.51. The number of anilines is 1. The monoisotopic (exact) mass is 291 g/mol. The van der Waals surface area contributed by atoms with Crippen molar-refractivity contribution < 1.29 is 9.53 Å². The standard InChI is InChI=1S/C14H14ClN3O2/c1-9-6-13(15)18-14(16-9)8-20-12-5-3-4-11(7-12)17-10(2)19/h3-7H,8H2,1-2H3,(H,17,19). The van der Waals surface area contributed by atoms with Gasteiger partial charge in [0.1, 0.15) is 17.5 Å². The summed E-state index contributed by atoms with van der Waals surface area (Å²) in [6.07, 6.45) is 0. The summed E-state index contributed by atoms with van der Waals surface area (Å²) in [5.74, 6) is 1.01. The molecule has 1 aromatic heterocycles. The Morgan fingerprint density at radius 2 is 2.15 bits per heavy atom. The third-order valence-corrected chi connectivity index (χ3v) is 2.59. The number of aromatic nitrogens is 2. The lowest BCUT2D eigenvalue weighted by Crippen LogP contribution is -2.06. The molecule has 104 valence electrons. The van der Waals surface area contributed by atoms with Crippen molar-refractivity contribution >= 4 is 23.2 Å². The normalized spacial score (nSPS) is 10.2. The number of aryl methyl sites for hydroxylation is 1. The van der Waals surface area contributed by atoms with Crippen LogP contribution in [-0.4, -0.2) is 15.9 Å². The second-order valence-corrected chi connectivity index (χ2v) is 4.63. The summed E-state index contributed by atoms with van der Waals surface area (Å²) < 4.78 is 5.59. The first kappa shape index (κ1) is 14.3. The minimum atomic E-state index is -0.129. The third kappa shape index (κ3) is 4.20. The van der Waals surface area contributed by atoms with Crippen molar-refractivity contribution in [2.45, 2.75) is 20.5 Å². The minimum absolute atomic E-state index is 0.129. The summed E-state index contributed by atoms with van der Waals surface area (Å²) in [5.41, 5.74) is 1.47. The Labute approximate surface area is 122 Å². The van der Waals surface area contributed by atoms with Crippen molar-refractivity contribution in [3.63, 3.8) is 0 Å². The fourth-order valence-electron chi connectivity index (χ4n) is 1.67. The van der Waals surface area contributed by atoms with E-state index in [1.165, 1.54) is 6.92 Å². The number of ether oxygens (including phenoxy) is 1. The van der Waals surface area contributed by atoms with Crippen LogP contribution in [0.15, 0.2) is 30.3 Å². The van der Waals surface area contributed by atoms with Crippen molar-refractivity contribution in [2.75, 3.05) is 5.32 Å². The van der Waals surface area contributed by atoms with E-state index in [4.69, 9.17) is 16.3 Å². The Morgan fingerprint density at radius 3 is 2.85 bits per heavy atom. The van der Waals surface area contributed by atoms with Gasteiger partial charge in [0.2, 0.25) is 5.91 Å². The van der Waals surface area contributed by atoms with Crippen LogP contribution in [0.4, 0.5) is 5.69 Å². The van der Waals surface area contributed by atoms with Gasteiger partial charge in [0, 0.05) is 24.4 Å². The van der Waals surface area contributed by atoms with Gasteiger partial charge >= 0.3 is 0 Å². The van der Waals surface area contributed by atoms with Gasteiger partial charge in [-0.25, -0.2) is 9.97 Å². The molecule has 2 rings (SSSR count). The number of nitrogens with one attached hydrogen (secondary N) is 1. The molecule has 2 aromatic rings. The van der Waals surface area contributed by atoms with Gasteiger partial charge in [0.15, 0.2) is 5.82 Å². The molecular weight excluding hydrogens is 278 g/mol. The topological polar surface area (TPSA) is 64.1 Å². The van der Waals surface area contributed by atoms with E-state index >= 15 is 0 Å². The van der Waals surface area contributed by atoms with Crippen LogP contribution >= 0.6 is 11.6 Å². The van der Waals surface area contributed by atoms with Crippen molar-refractivity contribution in [3.05, 3.63) is 47.0 Å². The number of carbonyl (C=O) groups excluding carboxylic acids is 1. The highest BCUT2D eigenvalue weighted by Gasteiger charge is 2.03. The van der Waals surface area contributed by atoms with E-state index in [1.54, 1.807) is 30.3 Å². The fraction of sp³-hybridized carbons (Fsp3) is 0.214. The van der Waals surface area contributed by atoms with Gasteiger partial charge in [-0.3, -0.25) is 4.79 Å². The molecule has 0 aliphatic carbocycles. The number of hydrogen-bond acceptors (Lipinski definition) is 4.